The highest BCUT2D eigenvalue weighted by Gasteiger charge is 2.36. The number of amides is 4. The Morgan fingerprint density at radius 3 is 2.59 bits per heavy atom. The topological polar surface area (TPSA) is 88.8 Å². The number of nitrogens with zero attached hydrogens (tertiary/aromatic N) is 1. The number of furan rings is 1. The molecule has 0 aliphatic carbocycles. The van der Waals surface area contributed by atoms with Crippen LogP contribution in [0, 0.1) is 6.92 Å². The molecular formula is C24H19BrN2O5. The first-order valence-electron chi connectivity index (χ1n) is 9.80. The van der Waals surface area contributed by atoms with Gasteiger partial charge in [0.2, 0.25) is 0 Å². The summed E-state index contributed by atoms with van der Waals surface area (Å²) in [6.07, 6.45) is 2.87. The van der Waals surface area contributed by atoms with E-state index in [9.17, 15) is 14.4 Å². The average molecular weight is 495 g/mol. The van der Waals surface area contributed by atoms with Crippen molar-refractivity contribution in [1.82, 2.24) is 10.2 Å². The fraction of sp³-hybridized carbons (Fsp3) is 0.125. The average Bonchev–Trinajstić information content (AvgIpc) is 3.28. The van der Waals surface area contributed by atoms with E-state index in [0.29, 0.717) is 23.7 Å². The largest absolute Gasteiger partial charge is 0.488 e. The first-order chi connectivity index (χ1) is 15.4. The molecule has 0 bridgehead atoms. The maximum atomic E-state index is 13.0. The normalized spacial score (nSPS) is 15.2. The van der Waals surface area contributed by atoms with Crippen LogP contribution in [0.4, 0.5) is 4.79 Å². The second-order valence-corrected chi connectivity index (χ2v) is 8.16. The maximum Gasteiger partial charge on any atom is 0.331 e. The molecule has 1 N–H and O–H groups in total. The number of aryl methyl sites for hydroxylation is 1. The van der Waals surface area contributed by atoms with Crippen LogP contribution < -0.4 is 10.1 Å². The number of benzene rings is 2. The number of halogens is 1. The van der Waals surface area contributed by atoms with Gasteiger partial charge in [-0.15, -0.1) is 0 Å². The SMILES string of the molecule is Cc1ccc(COc2ccc(Br)cc2/C=C2\C(=O)NC(=O)N(Cc3ccco3)C2=O)cc1. The highest BCUT2D eigenvalue weighted by molar-refractivity contribution is 9.10. The molecule has 3 aromatic rings. The zero-order valence-electron chi connectivity index (χ0n) is 17.1. The first-order valence-corrected chi connectivity index (χ1v) is 10.6. The van der Waals surface area contributed by atoms with Crippen LogP contribution in [0.15, 0.2) is 75.3 Å². The first kappa shape index (κ1) is 21.6. The molecule has 2 heterocycles. The van der Waals surface area contributed by atoms with Crippen molar-refractivity contribution in [2.45, 2.75) is 20.1 Å². The zero-order chi connectivity index (χ0) is 22.7. The highest BCUT2D eigenvalue weighted by atomic mass is 79.9. The predicted molar refractivity (Wildman–Crippen MR) is 120 cm³/mol. The lowest BCUT2D eigenvalue weighted by molar-refractivity contribution is -0.130. The van der Waals surface area contributed by atoms with Gasteiger partial charge in [0.15, 0.2) is 0 Å². The molecule has 32 heavy (non-hydrogen) atoms. The van der Waals surface area contributed by atoms with E-state index in [2.05, 4.69) is 21.2 Å². The number of ether oxygens (including phenoxy) is 1. The smallest absolute Gasteiger partial charge is 0.331 e. The van der Waals surface area contributed by atoms with Crippen molar-refractivity contribution in [3.63, 3.8) is 0 Å². The molecule has 4 amide bonds. The molecule has 1 aromatic heterocycles. The molecule has 0 radical (unpaired) electrons. The van der Waals surface area contributed by atoms with E-state index in [-0.39, 0.29) is 12.1 Å². The Labute approximate surface area is 192 Å². The van der Waals surface area contributed by atoms with Crippen molar-refractivity contribution < 1.29 is 23.5 Å². The van der Waals surface area contributed by atoms with Crippen molar-refractivity contribution in [2.24, 2.45) is 0 Å². The molecule has 162 valence electrons. The quantitative estimate of drug-likeness (QED) is 0.399. The summed E-state index contributed by atoms with van der Waals surface area (Å²) in [5, 5.41) is 2.20. The third-order valence-corrected chi connectivity index (χ3v) is 5.36. The van der Waals surface area contributed by atoms with Gasteiger partial charge in [-0.1, -0.05) is 45.8 Å². The molecule has 4 rings (SSSR count). The Balaban J connectivity index is 1.61. The van der Waals surface area contributed by atoms with Gasteiger partial charge in [0, 0.05) is 10.0 Å². The molecule has 0 unspecified atom stereocenters. The molecule has 0 spiro atoms. The number of hydrogen-bond donors (Lipinski definition) is 1. The number of carbonyl (C=O) groups is 3. The third-order valence-electron chi connectivity index (χ3n) is 4.87. The molecule has 0 saturated carbocycles. The van der Waals surface area contributed by atoms with E-state index in [1.807, 2.05) is 37.3 Å². The number of barbiturate groups is 1. The second kappa shape index (κ2) is 9.23. The fourth-order valence-corrected chi connectivity index (χ4v) is 3.54. The lowest BCUT2D eigenvalue weighted by atomic mass is 10.1. The summed E-state index contributed by atoms with van der Waals surface area (Å²) in [5.41, 5.74) is 2.49. The van der Waals surface area contributed by atoms with E-state index in [1.54, 1.807) is 24.3 Å². The molecule has 7 nitrogen and oxygen atoms in total. The summed E-state index contributed by atoms with van der Waals surface area (Å²) in [6.45, 7) is 2.24. The molecule has 2 aromatic carbocycles. The zero-order valence-corrected chi connectivity index (χ0v) is 18.7. The Morgan fingerprint density at radius 1 is 1.09 bits per heavy atom. The van der Waals surface area contributed by atoms with Crippen LogP contribution in [0.3, 0.4) is 0 Å². The van der Waals surface area contributed by atoms with E-state index in [4.69, 9.17) is 9.15 Å². The molecule has 1 saturated heterocycles. The minimum atomic E-state index is -0.793. The van der Waals surface area contributed by atoms with E-state index in [0.717, 1.165) is 20.5 Å². The summed E-state index contributed by atoms with van der Waals surface area (Å²) in [5.74, 6) is -0.553. The van der Waals surface area contributed by atoms with Crippen LogP contribution in [-0.2, 0) is 22.7 Å². The second-order valence-electron chi connectivity index (χ2n) is 7.24. The molecular weight excluding hydrogens is 476 g/mol. The lowest BCUT2D eigenvalue weighted by Gasteiger charge is -2.25. The minimum absolute atomic E-state index is 0.0858. The van der Waals surface area contributed by atoms with Crippen LogP contribution in [0.25, 0.3) is 6.08 Å². The Hall–Kier alpha value is -3.65. The fourth-order valence-electron chi connectivity index (χ4n) is 3.16. The van der Waals surface area contributed by atoms with Crippen LogP contribution in [0.5, 0.6) is 5.75 Å². The summed E-state index contributed by atoms with van der Waals surface area (Å²) in [6, 6.07) is 15.8. The molecule has 0 atom stereocenters. The summed E-state index contributed by atoms with van der Waals surface area (Å²) in [7, 11) is 0. The van der Waals surface area contributed by atoms with Crippen LogP contribution in [0.1, 0.15) is 22.5 Å². The van der Waals surface area contributed by atoms with Crippen molar-refractivity contribution in [1.29, 1.82) is 0 Å². The minimum Gasteiger partial charge on any atom is -0.488 e. The lowest BCUT2D eigenvalue weighted by Crippen LogP contribution is -2.53. The maximum absolute atomic E-state index is 13.0. The Kier molecular flexibility index (Phi) is 6.23. The third kappa shape index (κ3) is 4.81. The molecule has 1 fully saturated rings. The predicted octanol–water partition coefficient (Wildman–Crippen LogP) is 4.59. The molecule has 1 aliphatic rings. The van der Waals surface area contributed by atoms with Gasteiger partial charge in [0.1, 0.15) is 23.7 Å². The van der Waals surface area contributed by atoms with Gasteiger partial charge in [-0.3, -0.25) is 19.8 Å². The van der Waals surface area contributed by atoms with Crippen molar-refractivity contribution in [3.8, 4) is 5.75 Å². The Morgan fingerprint density at radius 2 is 1.88 bits per heavy atom. The van der Waals surface area contributed by atoms with Crippen LogP contribution in [-0.4, -0.2) is 22.7 Å². The van der Waals surface area contributed by atoms with Crippen molar-refractivity contribution in [2.75, 3.05) is 0 Å². The number of imide groups is 2. The number of urea groups is 1. The van der Waals surface area contributed by atoms with E-state index < -0.39 is 17.8 Å². The number of rotatable bonds is 6. The summed E-state index contributed by atoms with van der Waals surface area (Å²) in [4.78, 5) is 38.6. The van der Waals surface area contributed by atoms with Crippen molar-refractivity contribution in [3.05, 3.63) is 93.4 Å². The summed E-state index contributed by atoms with van der Waals surface area (Å²) >= 11 is 3.41. The van der Waals surface area contributed by atoms with Crippen LogP contribution >= 0.6 is 15.9 Å². The van der Waals surface area contributed by atoms with Gasteiger partial charge in [0.05, 0.1) is 12.8 Å². The monoisotopic (exact) mass is 494 g/mol. The molecule has 1 aliphatic heterocycles. The van der Waals surface area contributed by atoms with E-state index in [1.165, 1.54) is 12.3 Å². The van der Waals surface area contributed by atoms with Gasteiger partial charge < -0.3 is 9.15 Å². The number of nitrogens with one attached hydrogen (secondary N) is 1. The Bertz CT molecular complexity index is 1200. The molecule has 8 heteroatoms. The van der Waals surface area contributed by atoms with Crippen molar-refractivity contribution >= 4 is 39.9 Å². The highest BCUT2D eigenvalue weighted by Crippen LogP contribution is 2.28. The van der Waals surface area contributed by atoms with E-state index >= 15 is 0 Å². The van der Waals surface area contributed by atoms with Gasteiger partial charge in [0.25, 0.3) is 11.8 Å². The number of carbonyl (C=O) groups excluding carboxylic acids is 3. The van der Waals surface area contributed by atoms with Gasteiger partial charge in [-0.25, -0.2) is 4.79 Å². The summed E-state index contributed by atoms with van der Waals surface area (Å²) < 4.78 is 11.9. The van der Waals surface area contributed by atoms with Gasteiger partial charge in [-0.2, -0.15) is 0 Å². The van der Waals surface area contributed by atoms with Crippen LogP contribution in [0.2, 0.25) is 0 Å². The standard InChI is InChI=1S/C24H19BrN2O5/c1-15-4-6-16(7-5-15)14-32-21-9-8-18(25)11-17(21)12-20-22(28)26-24(30)27(23(20)29)13-19-3-2-10-31-19/h2-12H,13-14H2,1H3,(H,26,28,30)/b20-12+. The number of hydrogen-bond acceptors (Lipinski definition) is 5. The van der Waals surface area contributed by atoms with Gasteiger partial charge >= 0.3 is 6.03 Å². The van der Waals surface area contributed by atoms with Gasteiger partial charge in [-0.05, 0) is 48.9 Å².